The molecule has 14 heavy (non-hydrogen) atoms. The molecule has 0 aromatic heterocycles. The van der Waals surface area contributed by atoms with Crippen LogP contribution < -0.4 is 0 Å². The molecule has 1 saturated carbocycles. The smallest absolute Gasteiger partial charge is 0.201 e. The van der Waals surface area contributed by atoms with Gasteiger partial charge in [0.15, 0.2) is 0 Å². The zero-order valence-corrected chi connectivity index (χ0v) is 8.92. The van der Waals surface area contributed by atoms with Crippen LogP contribution in [0.25, 0.3) is 0 Å². The molecule has 0 atom stereocenters. The SMILES string of the molecule is C=C(C)CCOC1(OO)CCCCC1. The summed E-state index contributed by atoms with van der Waals surface area (Å²) in [5.41, 5.74) is 1.09. The molecule has 0 aliphatic heterocycles. The van der Waals surface area contributed by atoms with Gasteiger partial charge in [-0.05, 0) is 26.2 Å². The topological polar surface area (TPSA) is 38.7 Å². The Morgan fingerprint density at radius 3 is 2.50 bits per heavy atom. The van der Waals surface area contributed by atoms with E-state index in [0.29, 0.717) is 6.61 Å². The van der Waals surface area contributed by atoms with E-state index in [1.807, 2.05) is 6.92 Å². The van der Waals surface area contributed by atoms with Gasteiger partial charge in [-0.15, -0.1) is 6.58 Å². The van der Waals surface area contributed by atoms with Gasteiger partial charge in [-0.3, -0.25) is 0 Å². The standard InChI is InChI=1S/C11H20O3/c1-10(2)6-9-13-11(14-12)7-4-3-5-8-11/h12H,1,3-9H2,2H3. The fraction of sp³-hybridized carbons (Fsp3) is 0.818. The quantitative estimate of drug-likeness (QED) is 0.321. The molecule has 0 bridgehead atoms. The van der Waals surface area contributed by atoms with E-state index in [-0.39, 0.29) is 0 Å². The van der Waals surface area contributed by atoms with Crippen molar-refractivity contribution in [3.63, 3.8) is 0 Å². The summed E-state index contributed by atoms with van der Waals surface area (Å²) in [7, 11) is 0. The Morgan fingerprint density at radius 1 is 1.36 bits per heavy atom. The van der Waals surface area contributed by atoms with E-state index in [0.717, 1.165) is 37.7 Å². The summed E-state index contributed by atoms with van der Waals surface area (Å²) < 4.78 is 5.60. The highest BCUT2D eigenvalue weighted by Gasteiger charge is 2.34. The summed E-state index contributed by atoms with van der Waals surface area (Å²) in [6.07, 6.45) is 5.74. The molecule has 1 rings (SSSR count). The first-order valence-corrected chi connectivity index (χ1v) is 5.29. The van der Waals surface area contributed by atoms with Crippen molar-refractivity contribution in [1.82, 2.24) is 0 Å². The molecule has 3 nitrogen and oxygen atoms in total. The van der Waals surface area contributed by atoms with Crippen molar-refractivity contribution in [3.05, 3.63) is 12.2 Å². The number of ether oxygens (including phenoxy) is 1. The summed E-state index contributed by atoms with van der Waals surface area (Å²) in [6.45, 7) is 6.35. The van der Waals surface area contributed by atoms with Gasteiger partial charge < -0.3 is 4.74 Å². The maximum atomic E-state index is 8.86. The zero-order chi connectivity index (χ0) is 10.4. The minimum absolute atomic E-state index is 0.579. The van der Waals surface area contributed by atoms with Crippen molar-refractivity contribution in [2.24, 2.45) is 0 Å². The Morgan fingerprint density at radius 2 is 2.00 bits per heavy atom. The van der Waals surface area contributed by atoms with Crippen LogP contribution in [-0.2, 0) is 9.62 Å². The minimum atomic E-state index is -0.728. The van der Waals surface area contributed by atoms with Crippen LogP contribution in [-0.4, -0.2) is 17.7 Å². The first-order valence-electron chi connectivity index (χ1n) is 5.29. The summed E-state index contributed by atoms with van der Waals surface area (Å²) in [5, 5.41) is 8.86. The average Bonchev–Trinajstić information content (AvgIpc) is 2.19. The van der Waals surface area contributed by atoms with E-state index in [9.17, 15) is 0 Å². The van der Waals surface area contributed by atoms with E-state index in [2.05, 4.69) is 11.5 Å². The fourth-order valence-corrected chi connectivity index (χ4v) is 1.76. The van der Waals surface area contributed by atoms with Crippen molar-refractivity contribution in [2.45, 2.75) is 51.2 Å². The molecular formula is C11H20O3. The molecule has 0 amide bonds. The molecule has 1 N–H and O–H groups in total. The summed E-state index contributed by atoms with van der Waals surface area (Å²) in [5.74, 6) is -0.728. The number of hydrogen-bond donors (Lipinski definition) is 1. The Kier molecular flexibility index (Phi) is 4.58. The van der Waals surface area contributed by atoms with E-state index in [1.54, 1.807) is 0 Å². The lowest BCUT2D eigenvalue weighted by molar-refractivity contribution is -0.411. The van der Waals surface area contributed by atoms with Crippen molar-refractivity contribution in [2.75, 3.05) is 6.61 Å². The third-order valence-corrected chi connectivity index (χ3v) is 2.68. The maximum absolute atomic E-state index is 8.86. The number of rotatable bonds is 5. The molecular weight excluding hydrogens is 180 g/mol. The molecule has 0 saturated heterocycles. The van der Waals surface area contributed by atoms with Crippen LogP contribution in [0.2, 0.25) is 0 Å². The lowest BCUT2D eigenvalue weighted by Gasteiger charge is -2.33. The molecule has 0 radical (unpaired) electrons. The maximum Gasteiger partial charge on any atom is 0.201 e. The highest BCUT2D eigenvalue weighted by atomic mass is 17.1. The normalized spacial score (nSPS) is 20.7. The lowest BCUT2D eigenvalue weighted by Crippen LogP contribution is -2.37. The second-order valence-corrected chi connectivity index (χ2v) is 4.12. The third kappa shape index (κ3) is 3.40. The molecule has 0 aromatic carbocycles. The predicted molar refractivity (Wildman–Crippen MR) is 54.9 cm³/mol. The first-order chi connectivity index (χ1) is 6.68. The largest absolute Gasteiger partial charge is 0.347 e. The Hall–Kier alpha value is -0.380. The highest BCUT2D eigenvalue weighted by Crippen LogP contribution is 2.32. The Bertz CT molecular complexity index is 183. The molecule has 1 aliphatic carbocycles. The number of hydrogen-bond acceptors (Lipinski definition) is 3. The summed E-state index contributed by atoms with van der Waals surface area (Å²) in [6, 6.07) is 0. The van der Waals surface area contributed by atoms with Gasteiger partial charge in [-0.2, -0.15) is 0 Å². The summed E-state index contributed by atoms with van der Waals surface area (Å²) >= 11 is 0. The van der Waals surface area contributed by atoms with E-state index in [4.69, 9.17) is 9.99 Å². The first kappa shape index (κ1) is 11.7. The van der Waals surface area contributed by atoms with Crippen molar-refractivity contribution < 1.29 is 14.9 Å². The van der Waals surface area contributed by atoms with E-state index in [1.165, 1.54) is 6.42 Å². The van der Waals surface area contributed by atoms with Crippen molar-refractivity contribution >= 4 is 0 Å². The highest BCUT2D eigenvalue weighted by molar-refractivity contribution is 4.87. The van der Waals surface area contributed by atoms with Gasteiger partial charge in [0.25, 0.3) is 0 Å². The van der Waals surface area contributed by atoms with E-state index >= 15 is 0 Å². The molecule has 3 heteroatoms. The van der Waals surface area contributed by atoms with Gasteiger partial charge in [-0.1, -0.05) is 12.0 Å². The van der Waals surface area contributed by atoms with Crippen LogP contribution in [0.1, 0.15) is 45.4 Å². The van der Waals surface area contributed by atoms with E-state index < -0.39 is 5.79 Å². The third-order valence-electron chi connectivity index (χ3n) is 2.68. The van der Waals surface area contributed by atoms with Crippen LogP contribution >= 0.6 is 0 Å². The van der Waals surface area contributed by atoms with Gasteiger partial charge in [0, 0.05) is 12.8 Å². The van der Waals surface area contributed by atoms with Gasteiger partial charge in [0.2, 0.25) is 5.79 Å². The van der Waals surface area contributed by atoms with Crippen LogP contribution in [0.5, 0.6) is 0 Å². The van der Waals surface area contributed by atoms with Gasteiger partial charge in [0.1, 0.15) is 0 Å². The Balaban J connectivity index is 2.32. The fourth-order valence-electron chi connectivity index (χ4n) is 1.76. The van der Waals surface area contributed by atoms with Gasteiger partial charge in [0.05, 0.1) is 6.61 Å². The minimum Gasteiger partial charge on any atom is -0.347 e. The van der Waals surface area contributed by atoms with Crippen molar-refractivity contribution in [3.8, 4) is 0 Å². The van der Waals surface area contributed by atoms with Crippen LogP contribution in [0.15, 0.2) is 12.2 Å². The molecule has 1 aliphatic rings. The monoisotopic (exact) mass is 200 g/mol. The molecule has 0 unspecified atom stereocenters. The van der Waals surface area contributed by atoms with Crippen LogP contribution in [0, 0.1) is 0 Å². The molecule has 0 spiro atoms. The van der Waals surface area contributed by atoms with Gasteiger partial charge >= 0.3 is 0 Å². The molecule has 0 aromatic rings. The average molecular weight is 200 g/mol. The lowest BCUT2D eigenvalue weighted by atomic mass is 9.94. The summed E-state index contributed by atoms with van der Waals surface area (Å²) in [4.78, 5) is 4.51. The second kappa shape index (κ2) is 5.49. The molecule has 1 fully saturated rings. The van der Waals surface area contributed by atoms with Crippen LogP contribution in [0.4, 0.5) is 0 Å². The zero-order valence-electron chi connectivity index (χ0n) is 8.92. The van der Waals surface area contributed by atoms with Crippen molar-refractivity contribution in [1.29, 1.82) is 0 Å². The van der Waals surface area contributed by atoms with Gasteiger partial charge in [-0.25, -0.2) is 10.1 Å². The second-order valence-electron chi connectivity index (χ2n) is 4.12. The Labute approximate surface area is 85.6 Å². The molecule has 82 valence electrons. The van der Waals surface area contributed by atoms with Crippen LogP contribution in [0.3, 0.4) is 0 Å². The predicted octanol–water partition coefficient (Wildman–Crippen LogP) is 3.12. The molecule has 0 heterocycles.